The lowest BCUT2D eigenvalue weighted by atomic mass is 9.98. The maximum Gasteiger partial charge on any atom is 0.180 e. The van der Waals surface area contributed by atoms with Gasteiger partial charge in [0.05, 0.1) is 5.69 Å². The quantitative estimate of drug-likeness (QED) is 0.896. The molecule has 1 heterocycles. The normalized spacial score (nSPS) is 12.7. The van der Waals surface area contributed by atoms with Gasteiger partial charge in [0, 0.05) is 15.8 Å². The first-order valence-electron chi connectivity index (χ1n) is 5.16. The van der Waals surface area contributed by atoms with Crippen LogP contribution in [0.2, 0.25) is 5.02 Å². The van der Waals surface area contributed by atoms with Crippen molar-refractivity contribution in [3.05, 3.63) is 45.2 Å². The summed E-state index contributed by atoms with van der Waals surface area (Å²) in [5.41, 5.74) is 7.30. The SMILES string of the molecule is Cc1nc(N)sc1C(C)c1cc(F)ccc1Cl. The summed E-state index contributed by atoms with van der Waals surface area (Å²) >= 11 is 7.50. The highest BCUT2D eigenvalue weighted by Crippen LogP contribution is 2.35. The van der Waals surface area contributed by atoms with Crippen LogP contribution in [0, 0.1) is 12.7 Å². The van der Waals surface area contributed by atoms with E-state index in [1.54, 1.807) is 6.07 Å². The smallest absolute Gasteiger partial charge is 0.180 e. The van der Waals surface area contributed by atoms with E-state index in [0.717, 1.165) is 16.1 Å². The second-order valence-electron chi connectivity index (χ2n) is 3.89. The standard InChI is InChI=1S/C12H12ClFN2S/c1-6(11-7(2)16-12(15)17-11)9-5-8(14)3-4-10(9)13/h3-6H,1-2H3,(H2,15,16). The molecule has 0 radical (unpaired) electrons. The molecule has 0 aliphatic carbocycles. The monoisotopic (exact) mass is 270 g/mol. The van der Waals surface area contributed by atoms with Crippen LogP contribution >= 0.6 is 22.9 Å². The minimum absolute atomic E-state index is 0.00648. The molecule has 1 atom stereocenters. The molecule has 0 spiro atoms. The van der Waals surface area contributed by atoms with Crippen LogP contribution in [0.4, 0.5) is 9.52 Å². The van der Waals surface area contributed by atoms with Gasteiger partial charge in [-0.2, -0.15) is 0 Å². The van der Waals surface area contributed by atoms with Gasteiger partial charge in [0.1, 0.15) is 5.82 Å². The molecule has 0 bridgehead atoms. The Bertz CT molecular complexity index is 553. The van der Waals surface area contributed by atoms with Crippen LogP contribution < -0.4 is 5.73 Å². The minimum atomic E-state index is -0.286. The van der Waals surface area contributed by atoms with Crippen molar-refractivity contribution in [3.63, 3.8) is 0 Å². The van der Waals surface area contributed by atoms with Crippen LogP contribution in [0.25, 0.3) is 0 Å². The summed E-state index contributed by atoms with van der Waals surface area (Å²) in [6.07, 6.45) is 0. The van der Waals surface area contributed by atoms with E-state index >= 15 is 0 Å². The molecule has 0 aliphatic rings. The van der Waals surface area contributed by atoms with Crippen molar-refractivity contribution in [2.75, 3.05) is 5.73 Å². The number of aromatic nitrogens is 1. The number of rotatable bonds is 2. The molecular formula is C12H12ClFN2S. The fourth-order valence-corrected chi connectivity index (χ4v) is 3.01. The number of halogens is 2. The molecule has 2 nitrogen and oxygen atoms in total. The van der Waals surface area contributed by atoms with E-state index in [2.05, 4.69) is 4.98 Å². The lowest BCUT2D eigenvalue weighted by molar-refractivity contribution is 0.624. The number of hydrogen-bond donors (Lipinski definition) is 1. The molecule has 17 heavy (non-hydrogen) atoms. The molecule has 1 aromatic heterocycles. The summed E-state index contributed by atoms with van der Waals surface area (Å²) in [6.45, 7) is 3.87. The Morgan fingerprint density at radius 2 is 2.18 bits per heavy atom. The van der Waals surface area contributed by atoms with Crippen molar-refractivity contribution in [3.8, 4) is 0 Å². The zero-order valence-corrected chi connectivity index (χ0v) is 11.1. The Hall–Kier alpha value is -1.13. The molecule has 2 N–H and O–H groups in total. The lowest BCUT2D eigenvalue weighted by Crippen LogP contribution is -1.97. The van der Waals surface area contributed by atoms with E-state index in [4.69, 9.17) is 17.3 Å². The molecule has 2 rings (SSSR count). The third-order valence-electron chi connectivity index (χ3n) is 2.67. The van der Waals surface area contributed by atoms with Gasteiger partial charge < -0.3 is 5.73 Å². The Labute approximate surface area is 108 Å². The van der Waals surface area contributed by atoms with Crippen molar-refractivity contribution < 1.29 is 4.39 Å². The Kier molecular flexibility index (Phi) is 3.35. The van der Waals surface area contributed by atoms with Gasteiger partial charge in [-0.25, -0.2) is 9.37 Å². The highest BCUT2D eigenvalue weighted by atomic mass is 35.5. The van der Waals surface area contributed by atoms with E-state index in [1.807, 2.05) is 13.8 Å². The van der Waals surface area contributed by atoms with Gasteiger partial charge in [-0.05, 0) is 30.7 Å². The van der Waals surface area contributed by atoms with Gasteiger partial charge in [-0.1, -0.05) is 18.5 Å². The number of aryl methyl sites for hydroxylation is 1. The van der Waals surface area contributed by atoms with Gasteiger partial charge in [0.25, 0.3) is 0 Å². The largest absolute Gasteiger partial charge is 0.375 e. The number of hydrogen-bond acceptors (Lipinski definition) is 3. The second kappa shape index (κ2) is 4.63. The second-order valence-corrected chi connectivity index (χ2v) is 5.36. The van der Waals surface area contributed by atoms with E-state index in [-0.39, 0.29) is 11.7 Å². The van der Waals surface area contributed by atoms with Gasteiger partial charge in [-0.15, -0.1) is 11.3 Å². The number of anilines is 1. The zero-order valence-electron chi connectivity index (χ0n) is 9.50. The molecule has 0 aliphatic heterocycles. The average molecular weight is 271 g/mol. The third-order valence-corrected chi connectivity index (χ3v) is 4.18. The maximum atomic E-state index is 13.2. The van der Waals surface area contributed by atoms with Crippen molar-refractivity contribution in [1.29, 1.82) is 0 Å². The van der Waals surface area contributed by atoms with Crippen molar-refractivity contribution >= 4 is 28.1 Å². The summed E-state index contributed by atoms with van der Waals surface area (Å²) in [5, 5.41) is 1.09. The highest BCUT2D eigenvalue weighted by molar-refractivity contribution is 7.15. The van der Waals surface area contributed by atoms with Crippen LogP contribution in [-0.4, -0.2) is 4.98 Å². The van der Waals surface area contributed by atoms with E-state index in [1.165, 1.54) is 23.5 Å². The molecule has 0 saturated carbocycles. The molecule has 0 amide bonds. The summed E-state index contributed by atoms with van der Waals surface area (Å²) in [6, 6.07) is 4.39. The summed E-state index contributed by atoms with van der Waals surface area (Å²) in [7, 11) is 0. The molecule has 1 unspecified atom stereocenters. The fraction of sp³-hybridized carbons (Fsp3) is 0.250. The number of nitrogens with zero attached hydrogens (tertiary/aromatic N) is 1. The van der Waals surface area contributed by atoms with E-state index in [0.29, 0.717) is 10.2 Å². The average Bonchev–Trinajstić information content (AvgIpc) is 2.60. The summed E-state index contributed by atoms with van der Waals surface area (Å²) in [4.78, 5) is 5.19. The Balaban J connectivity index is 2.46. The highest BCUT2D eigenvalue weighted by Gasteiger charge is 2.18. The molecule has 0 fully saturated rings. The number of thiazole rings is 1. The summed E-state index contributed by atoms with van der Waals surface area (Å²) in [5.74, 6) is -0.292. The summed E-state index contributed by atoms with van der Waals surface area (Å²) < 4.78 is 13.2. The van der Waals surface area contributed by atoms with Crippen LogP contribution in [0.5, 0.6) is 0 Å². The molecule has 1 aromatic carbocycles. The molecule has 2 aromatic rings. The van der Waals surface area contributed by atoms with Gasteiger partial charge in [0.2, 0.25) is 0 Å². The minimum Gasteiger partial charge on any atom is -0.375 e. The first-order chi connectivity index (χ1) is 7.99. The predicted molar refractivity (Wildman–Crippen MR) is 70.2 cm³/mol. The Morgan fingerprint density at radius 1 is 1.47 bits per heavy atom. The fourth-order valence-electron chi connectivity index (χ4n) is 1.82. The van der Waals surface area contributed by atoms with Crippen molar-refractivity contribution in [1.82, 2.24) is 4.98 Å². The van der Waals surface area contributed by atoms with Crippen LogP contribution in [0.3, 0.4) is 0 Å². The van der Waals surface area contributed by atoms with Gasteiger partial charge >= 0.3 is 0 Å². The van der Waals surface area contributed by atoms with E-state index < -0.39 is 0 Å². The van der Waals surface area contributed by atoms with Crippen LogP contribution in [-0.2, 0) is 0 Å². The number of benzene rings is 1. The maximum absolute atomic E-state index is 13.2. The molecule has 5 heteroatoms. The first-order valence-corrected chi connectivity index (χ1v) is 6.36. The first kappa shape index (κ1) is 12.3. The van der Waals surface area contributed by atoms with Crippen molar-refractivity contribution in [2.24, 2.45) is 0 Å². The van der Waals surface area contributed by atoms with Gasteiger partial charge in [-0.3, -0.25) is 0 Å². The van der Waals surface area contributed by atoms with Crippen LogP contribution in [0.15, 0.2) is 18.2 Å². The van der Waals surface area contributed by atoms with E-state index in [9.17, 15) is 4.39 Å². The molecule has 90 valence electrons. The number of nitrogen functional groups attached to an aromatic ring is 1. The number of nitrogens with two attached hydrogens (primary N) is 1. The topological polar surface area (TPSA) is 38.9 Å². The zero-order chi connectivity index (χ0) is 12.6. The predicted octanol–water partition coefficient (Wildman–Crippen LogP) is 3.98. The van der Waals surface area contributed by atoms with Crippen molar-refractivity contribution in [2.45, 2.75) is 19.8 Å². The van der Waals surface area contributed by atoms with Crippen LogP contribution in [0.1, 0.15) is 29.0 Å². The Morgan fingerprint density at radius 3 is 2.76 bits per heavy atom. The molecular weight excluding hydrogens is 259 g/mol. The lowest BCUT2D eigenvalue weighted by Gasteiger charge is -2.12. The molecule has 0 saturated heterocycles. The third kappa shape index (κ3) is 2.42. The van der Waals surface area contributed by atoms with Gasteiger partial charge in [0.15, 0.2) is 5.13 Å².